The summed E-state index contributed by atoms with van der Waals surface area (Å²) >= 11 is 0. The largest absolute Gasteiger partial charge is 0.351 e. The molecule has 0 saturated carbocycles. The number of nitrogens with two attached hydrogens (primary N) is 1. The van der Waals surface area contributed by atoms with E-state index in [1.807, 2.05) is 62.4 Å². The van der Waals surface area contributed by atoms with Gasteiger partial charge in [0.05, 0.1) is 0 Å². The van der Waals surface area contributed by atoms with Gasteiger partial charge in [-0.3, -0.25) is 14.7 Å². The Bertz CT molecular complexity index is 2010. The predicted molar refractivity (Wildman–Crippen MR) is 187 cm³/mol. The number of hydrogen-bond donors (Lipinski definition) is 2. The summed E-state index contributed by atoms with van der Waals surface area (Å²) in [5.74, 6) is 0.299. The van der Waals surface area contributed by atoms with Crippen LogP contribution in [0.5, 0.6) is 0 Å². The van der Waals surface area contributed by atoms with E-state index in [2.05, 4.69) is 35.6 Å². The number of amides is 3. The first-order chi connectivity index (χ1) is 22.5. The van der Waals surface area contributed by atoms with E-state index in [9.17, 15) is 18.0 Å². The lowest BCUT2D eigenvalue weighted by Gasteiger charge is -2.34. The van der Waals surface area contributed by atoms with Gasteiger partial charge in [0.2, 0.25) is 10.0 Å². The zero-order valence-electron chi connectivity index (χ0n) is 26.6. The highest BCUT2D eigenvalue weighted by Gasteiger charge is 2.47. The van der Waals surface area contributed by atoms with Gasteiger partial charge >= 0.3 is 6.03 Å². The standard InChI is InChI=1S/C37H37N5O4S/c1-25-21-32(41(3)36(38)44)22-26(2)33(25)15-20-47(45,46)42-18-16-37(17-19-42)35(43)39-34(40-37)31-14-8-13-30(24-31)29-12-7-11-28(23-29)27-9-5-4-6-10-27/h4-15,20-24H,16-19H2,1-3H3,(H2,38,44)(H,39,40,43)/b20-15+. The fourth-order valence-electron chi connectivity index (χ4n) is 6.23. The van der Waals surface area contributed by atoms with Crippen molar-refractivity contribution in [3.8, 4) is 22.3 Å². The highest BCUT2D eigenvalue weighted by atomic mass is 32.2. The Morgan fingerprint density at radius 1 is 0.851 bits per heavy atom. The van der Waals surface area contributed by atoms with E-state index in [-0.39, 0.29) is 31.8 Å². The molecule has 3 amide bonds. The summed E-state index contributed by atoms with van der Waals surface area (Å²) < 4.78 is 28.1. The van der Waals surface area contributed by atoms with Crippen LogP contribution in [0, 0.1) is 13.8 Å². The van der Waals surface area contributed by atoms with Gasteiger partial charge in [-0.1, -0.05) is 66.7 Å². The number of rotatable bonds is 7. The number of piperidine rings is 1. The molecule has 6 rings (SSSR count). The van der Waals surface area contributed by atoms with Crippen LogP contribution >= 0.6 is 0 Å². The normalized spacial score (nSPS) is 16.3. The van der Waals surface area contributed by atoms with Crippen LogP contribution in [0.1, 0.15) is 35.1 Å². The van der Waals surface area contributed by atoms with Crippen molar-refractivity contribution in [2.24, 2.45) is 10.7 Å². The first-order valence-corrected chi connectivity index (χ1v) is 17.0. The Labute approximate surface area is 275 Å². The summed E-state index contributed by atoms with van der Waals surface area (Å²) in [6.07, 6.45) is 2.14. The molecule has 0 aromatic heterocycles. The number of anilines is 1. The molecular weight excluding hydrogens is 611 g/mol. The van der Waals surface area contributed by atoms with Gasteiger partial charge in [-0.2, -0.15) is 4.31 Å². The molecule has 0 atom stereocenters. The monoisotopic (exact) mass is 647 g/mol. The maximum atomic E-state index is 13.3. The Morgan fingerprint density at radius 3 is 1.98 bits per heavy atom. The van der Waals surface area contributed by atoms with Gasteiger partial charge in [0.15, 0.2) is 0 Å². The van der Waals surface area contributed by atoms with Crippen LogP contribution in [-0.4, -0.2) is 56.2 Å². The number of benzene rings is 4. The van der Waals surface area contributed by atoms with Crippen molar-refractivity contribution in [3.63, 3.8) is 0 Å². The van der Waals surface area contributed by atoms with Crippen molar-refractivity contribution in [1.29, 1.82) is 0 Å². The summed E-state index contributed by atoms with van der Waals surface area (Å²) in [5.41, 5.74) is 12.5. The molecule has 0 radical (unpaired) electrons. The van der Waals surface area contributed by atoms with Crippen LogP contribution in [0.4, 0.5) is 10.5 Å². The van der Waals surface area contributed by atoms with Gasteiger partial charge in [-0.05, 0) is 96.0 Å². The third kappa shape index (κ3) is 6.47. The second-order valence-corrected chi connectivity index (χ2v) is 13.9. The fraction of sp³-hybridized carbons (Fsp3) is 0.216. The van der Waals surface area contributed by atoms with Gasteiger partial charge < -0.3 is 11.1 Å². The Hall–Kier alpha value is -5.06. The maximum absolute atomic E-state index is 13.3. The maximum Gasteiger partial charge on any atom is 0.318 e. The number of primary amides is 1. The van der Waals surface area contributed by atoms with E-state index in [0.29, 0.717) is 11.5 Å². The lowest BCUT2D eigenvalue weighted by molar-refractivity contribution is -0.124. The van der Waals surface area contributed by atoms with Gasteiger partial charge in [-0.25, -0.2) is 13.2 Å². The number of amidine groups is 1. The Morgan fingerprint density at radius 2 is 1.38 bits per heavy atom. The van der Waals surface area contributed by atoms with Gasteiger partial charge in [0.1, 0.15) is 11.4 Å². The molecule has 0 aliphatic carbocycles. The number of hydrogen-bond acceptors (Lipinski definition) is 5. The van der Waals surface area contributed by atoms with Crippen molar-refractivity contribution in [3.05, 3.63) is 119 Å². The van der Waals surface area contributed by atoms with Crippen LogP contribution in [-0.2, 0) is 14.8 Å². The molecule has 4 aromatic rings. The quantitative estimate of drug-likeness (QED) is 0.261. The number of carbonyl (C=O) groups excluding carboxylic acids is 2. The SMILES string of the molecule is Cc1cc(N(C)C(N)=O)cc(C)c1/C=C/S(=O)(=O)N1CCC2(CC1)N=C(c1cccc(-c3cccc(-c4ccccc4)c3)c1)NC2=O. The number of aliphatic imine (C=N–C) groups is 1. The summed E-state index contributed by atoms with van der Waals surface area (Å²) in [5, 5.41) is 4.18. The van der Waals surface area contributed by atoms with Crippen molar-refractivity contribution >= 4 is 39.6 Å². The highest BCUT2D eigenvalue weighted by molar-refractivity contribution is 7.92. The topological polar surface area (TPSA) is 125 Å². The van der Waals surface area contributed by atoms with E-state index in [4.69, 9.17) is 10.7 Å². The minimum absolute atomic E-state index is 0.170. The van der Waals surface area contributed by atoms with Gasteiger partial charge in [-0.15, -0.1) is 0 Å². The minimum atomic E-state index is -3.76. The third-order valence-corrected chi connectivity index (χ3v) is 10.6. The summed E-state index contributed by atoms with van der Waals surface area (Å²) in [4.78, 5) is 31.1. The van der Waals surface area contributed by atoms with Crippen LogP contribution in [0.25, 0.3) is 28.3 Å². The molecule has 3 N–H and O–H groups in total. The molecule has 2 aliphatic heterocycles. The Balaban J connectivity index is 1.17. The second kappa shape index (κ2) is 12.6. The first-order valence-electron chi connectivity index (χ1n) is 15.5. The van der Waals surface area contributed by atoms with E-state index in [1.54, 1.807) is 25.3 Å². The first kappa shape index (κ1) is 31.9. The van der Waals surface area contributed by atoms with Crippen LogP contribution in [0.15, 0.2) is 101 Å². The van der Waals surface area contributed by atoms with E-state index in [0.717, 1.165) is 44.5 Å². The molecule has 0 bridgehead atoms. The molecule has 47 heavy (non-hydrogen) atoms. The van der Waals surface area contributed by atoms with E-state index >= 15 is 0 Å². The van der Waals surface area contributed by atoms with Crippen molar-refractivity contribution in [2.75, 3.05) is 25.0 Å². The van der Waals surface area contributed by atoms with Crippen molar-refractivity contribution in [1.82, 2.24) is 9.62 Å². The minimum Gasteiger partial charge on any atom is -0.351 e. The fourth-order valence-corrected chi connectivity index (χ4v) is 7.41. The number of nitrogens with one attached hydrogen (secondary N) is 1. The smallest absolute Gasteiger partial charge is 0.318 e. The predicted octanol–water partition coefficient (Wildman–Crippen LogP) is 5.86. The number of urea groups is 1. The highest BCUT2D eigenvalue weighted by Crippen LogP contribution is 2.34. The molecule has 10 heteroatoms. The van der Waals surface area contributed by atoms with Gasteiger partial charge in [0, 0.05) is 36.8 Å². The lowest BCUT2D eigenvalue weighted by atomic mass is 9.89. The summed E-state index contributed by atoms with van der Waals surface area (Å²) in [6, 6.07) is 29.5. The molecule has 2 heterocycles. The van der Waals surface area contributed by atoms with Crippen LogP contribution in [0.3, 0.4) is 0 Å². The number of nitrogens with zero attached hydrogens (tertiary/aromatic N) is 3. The van der Waals surface area contributed by atoms with E-state index in [1.165, 1.54) is 14.6 Å². The van der Waals surface area contributed by atoms with Crippen LogP contribution < -0.4 is 16.0 Å². The molecule has 1 spiro atoms. The molecule has 1 saturated heterocycles. The second-order valence-electron chi connectivity index (χ2n) is 12.1. The average molecular weight is 648 g/mol. The molecule has 4 aromatic carbocycles. The van der Waals surface area contributed by atoms with E-state index < -0.39 is 21.6 Å². The molecule has 0 unspecified atom stereocenters. The lowest BCUT2D eigenvalue weighted by Crippen LogP contribution is -2.50. The van der Waals surface area contributed by atoms with Crippen molar-refractivity contribution < 1.29 is 18.0 Å². The molecule has 240 valence electrons. The van der Waals surface area contributed by atoms with Gasteiger partial charge in [0.25, 0.3) is 5.91 Å². The number of carbonyl (C=O) groups is 2. The number of sulfonamides is 1. The molecule has 1 fully saturated rings. The molecular formula is C37H37N5O4S. The molecule has 2 aliphatic rings. The molecule has 9 nitrogen and oxygen atoms in total. The summed E-state index contributed by atoms with van der Waals surface area (Å²) in [7, 11) is -2.17. The Kier molecular flexibility index (Phi) is 8.57. The zero-order chi connectivity index (χ0) is 33.3. The van der Waals surface area contributed by atoms with Crippen molar-refractivity contribution in [2.45, 2.75) is 32.2 Å². The van der Waals surface area contributed by atoms with Crippen LogP contribution in [0.2, 0.25) is 0 Å². The number of aryl methyl sites for hydroxylation is 2. The zero-order valence-corrected chi connectivity index (χ0v) is 27.4. The summed E-state index contributed by atoms with van der Waals surface area (Å²) in [6.45, 7) is 4.05. The average Bonchev–Trinajstić information content (AvgIpc) is 3.39. The third-order valence-electron chi connectivity index (χ3n) is 9.03.